The maximum atomic E-state index is 12.4. The van der Waals surface area contributed by atoms with Gasteiger partial charge in [0.2, 0.25) is 11.8 Å². The number of benzene rings is 2. The zero-order valence-electron chi connectivity index (χ0n) is 16.3. The fourth-order valence-corrected chi connectivity index (χ4v) is 3.45. The third-order valence-corrected chi connectivity index (χ3v) is 5.07. The Morgan fingerprint density at radius 1 is 1.00 bits per heavy atom. The summed E-state index contributed by atoms with van der Waals surface area (Å²) in [6, 6.07) is 13.0. The lowest BCUT2D eigenvalue weighted by molar-refractivity contribution is -0.121. The molecular weight excluding hydrogens is 386 g/mol. The molecule has 0 atom stereocenters. The molecule has 152 valence electrons. The molecule has 4 rings (SSSR count). The van der Waals surface area contributed by atoms with Gasteiger partial charge >= 0.3 is 11.6 Å². The van der Waals surface area contributed by atoms with E-state index in [1.54, 1.807) is 0 Å². The molecule has 0 N–H and O–H groups in total. The summed E-state index contributed by atoms with van der Waals surface area (Å²) in [6.07, 6.45) is 1.20. The molecular formula is C23H19NO6. The summed E-state index contributed by atoms with van der Waals surface area (Å²) in [5.74, 6) is -1.08. The maximum Gasteiger partial charge on any atom is 0.338 e. The van der Waals surface area contributed by atoms with Gasteiger partial charge in [-0.15, -0.1) is 0 Å². The number of hydrogen-bond acceptors (Lipinski definition) is 6. The highest BCUT2D eigenvalue weighted by atomic mass is 16.5. The number of carbonyl (C=O) groups is 3. The number of nitrogens with zero attached hydrogens (tertiary/aromatic N) is 1. The molecule has 2 aromatic carbocycles. The van der Waals surface area contributed by atoms with Crippen molar-refractivity contribution < 1.29 is 23.5 Å². The summed E-state index contributed by atoms with van der Waals surface area (Å²) in [6.45, 7) is 1.92. The van der Waals surface area contributed by atoms with Crippen LogP contribution in [0.5, 0.6) is 0 Å². The molecule has 1 aromatic heterocycles. The predicted octanol–water partition coefficient (Wildman–Crippen LogP) is 3.37. The largest absolute Gasteiger partial charge is 0.457 e. The van der Waals surface area contributed by atoms with Gasteiger partial charge in [0, 0.05) is 29.9 Å². The first-order valence-electron chi connectivity index (χ1n) is 9.65. The van der Waals surface area contributed by atoms with Gasteiger partial charge in [-0.25, -0.2) is 9.59 Å². The summed E-state index contributed by atoms with van der Waals surface area (Å²) in [7, 11) is 0. The van der Waals surface area contributed by atoms with Gasteiger partial charge in [0.25, 0.3) is 0 Å². The number of hydrogen-bond donors (Lipinski definition) is 0. The fraction of sp³-hybridized carbons (Fsp3) is 0.217. The van der Waals surface area contributed by atoms with Crippen LogP contribution in [0.2, 0.25) is 0 Å². The van der Waals surface area contributed by atoms with Crippen molar-refractivity contribution in [3.05, 3.63) is 75.6 Å². The van der Waals surface area contributed by atoms with E-state index in [0.717, 1.165) is 16.9 Å². The molecule has 2 amide bonds. The van der Waals surface area contributed by atoms with E-state index in [0.29, 0.717) is 22.2 Å². The van der Waals surface area contributed by atoms with Gasteiger partial charge in [0.15, 0.2) is 0 Å². The van der Waals surface area contributed by atoms with Crippen molar-refractivity contribution in [1.82, 2.24) is 0 Å². The zero-order chi connectivity index (χ0) is 21.3. The first-order valence-corrected chi connectivity index (χ1v) is 9.65. The van der Waals surface area contributed by atoms with Crippen LogP contribution in [0, 0.1) is 0 Å². The minimum absolute atomic E-state index is 0.0861. The number of carbonyl (C=O) groups excluding carboxylic acids is 3. The number of aryl methyl sites for hydroxylation is 1. The molecule has 1 saturated heterocycles. The van der Waals surface area contributed by atoms with Gasteiger partial charge in [-0.1, -0.05) is 19.1 Å². The molecule has 30 heavy (non-hydrogen) atoms. The number of esters is 1. The first-order chi connectivity index (χ1) is 14.5. The smallest absolute Gasteiger partial charge is 0.338 e. The third-order valence-electron chi connectivity index (χ3n) is 5.07. The second-order valence-electron chi connectivity index (χ2n) is 7.02. The topological polar surface area (TPSA) is 93.9 Å². The SMILES string of the molecule is CCc1ccc2c(COC(=O)c3ccc(N4C(=O)CCC4=O)cc3)cc(=O)oc2c1. The van der Waals surface area contributed by atoms with Gasteiger partial charge in [0.05, 0.1) is 11.3 Å². The standard InChI is InChI=1S/C23H19NO6/c1-2-14-3-8-18-16(12-22(27)30-19(18)11-14)13-29-23(28)15-4-6-17(7-5-15)24-20(25)9-10-21(24)26/h3-8,11-12H,2,9-10,13H2,1H3. The van der Waals surface area contributed by atoms with Gasteiger partial charge in [-0.05, 0) is 42.3 Å². The monoisotopic (exact) mass is 405 g/mol. The summed E-state index contributed by atoms with van der Waals surface area (Å²) in [5.41, 5.74) is 2.25. The third kappa shape index (κ3) is 3.74. The fourth-order valence-electron chi connectivity index (χ4n) is 3.45. The number of rotatable bonds is 5. The Hall–Kier alpha value is -3.74. The minimum Gasteiger partial charge on any atom is -0.457 e. The van der Waals surface area contributed by atoms with E-state index in [1.165, 1.54) is 30.3 Å². The highest BCUT2D eigenvalue weighted by molar-refractivity contribution is 6.19. The number of amides is 2. The molecule has 0 radical (unpaired) electrons. The van der Waals surface area contributed by atoms with Crippen molar-refractivity contribution in [2.45, 2.75) is 32.8 Å². The molecule has 0 bridgehead atoms. The normalized spacial score (nSPS) is 13.8. The van der Waals surface area contributed by atoms with Crippen LogP contribution in [0.4, 0.5) is 5.69 Å². The number of fused-ring (bicyclic) bond motifs is 1. The van der Waals surface area contributed by atoms with Crippen molar-refractivity contribution in [2.75, 3.05) is 4.90 Å². The van der Waals surface area contributed by atoms with Gasteiger partial charge in [-0.2, -0.15) is 0 Å². The molecule has 0 aliphatic carbocycles. The first kappa shape index (κ1) is 19.6. The van der Waals surface area contributed by atoms with Crippen molar-refractivity contribution in [3.63, 3.8) is 0 Å². The van der Waals surface area contributed by atoms with E-state index >= 15 is 0 Å². The molecule has 0 unspecified atom stereocenters. The van der Waals surface area contributed by atoms with E-state index in [4.69, 9.17) is 9.15 Å². The summed E-state index contributed by atoms with van der Waals surface area (Å²) in [4.78, 5) is 49.1. The van der Waals surface area contributed by atoms with Crippen molar-refractivity contribution >= 4 is 34.4 Å². The molecule has 1 aliphatic heterocycles. The van der Waals surface area contributed by atoms with Crippen molar-refractivity contribution in [3.8, 4) is 0 Å². The van der Waals surface area contributed by atoms with E-state index in [9.17, 15) is 19.2 Å². The number of anilines is 1. The van der Waals surface area contributed by atoms with Gasteiger partial charge in [0.1, 0.15) is 12.2 Å². The van der Waals surface area contributed by atoms with Crippen molar-refractivity contribution in [2.24, 2.45) is 0 Å². The summed E-state index contributed by atoms with van der Waals surface area (Å²) < 4.78 is 10.6. The van der Waals surface area contributed by atoms with Gasteiger partial charge < -0.3 is 9.15 Å². The molecule has 3 aromatic rings. The Kier molecular flexibility index (Phi) is 5.18. The molecule has 7 heteroatoms. The minimum atomic E-state index is -0.577. The molecule has 0 spiro atoms. The quantitative estimate of drug-likeness (QED) is 0.367. The summed E-state index contributed by atoms with van der Waals surface area (Å²) in [5, 5.41) is 0.709. The van der Waals surface area contributed by atoms with E-state index in [1.807, 2.05) is 25.1 Å². The van der Waals surface area contributed by atoms with Gasteiger partial charge in [-0.3, -0.25) is 14.5 Å². The summed E-state index contributed by atoms with van der Waals surface area (Å²) >= 11 is 0. The Labute approximate surface area is 171 Å². The Morgan fingerprint density at radius 3 is 2.37 bits per heavy atom. The average Bonchev–Trinajstić information content (AvgIpc) is 3.09. The van der Waals surface area contributed by atoms with Crippen LogP contribution in [0.15, 0.2) is 57.7 Å². The van der Waals surface area contributed by atoms with E-state index < -0.39 is 11.6 Å². The molecule has 2 heterocycles. The Balaban J connectivity index is 1.50. The van der Waals surface area contributed by atoms with E-state index in [-0.39, 0.29) is 36.8 Å². The van der Waals surface area contributed by atoms with Crippen LogP contribution < -0.4 is 10.5 Å². The predicted molar refractivity (Wildman–Crippen MR) is 109 cm³/mol. The molecule has 1 aliphatic rings. The zero-order valence-corrected chi connectivity index (χ0v) is 16.3. The molecule has 1 fully saturated rings. The van der Waals surface area contributed by atoms with Crippen LogP contribution in [0.3, 0.4) is 0 Å². The lowest BCUT2D eigenvalue weighted by atomic mass is 10.1. The molecule has 7 nitrogen and oxygen atoms in total. The lowest BCUT2D eigenvalue weighted by Crippen LogP contribution is -2.28. The van der Waals surface area contributed by atoms with Crippen molar-refractivity contribution in [1.29, 1.82) is 0 Å². The van der Waals surface area contributed by atoms with Crippen LogP contribution >= 0.6 is 0 Å². The average molecular weight is 405 g/mol. The van der Waals surface area contributed by atoms with Crippen LogP contribution in [-0.2, 0) is 27.4 Å². The lowest BCUT2D eigenvalue weighted by Gasteiger charge is -2.14. The number of ether oxygens (including phenoxy) is 1. The Bertz CT molecular complexity index is 1190. The van der Waals surface area contributed by atoms with E-state index in [2.05, 4.69) is 0 Å². The second-order valence-corrected chi connectivity index (χ2v) is 7.02. The molecule has 0 saturated carbocycles. The number of imide groups is 1. The van der Waals surface area contributed by atoms with Crippen LogP contribution in [0.1, 0.15) is 41.3 Å². The highest BCUT2D eigenvalue weighted by Gasteiger charge is 2.30. The van der Waals surface area contributed by atoms with Crippen LogP contribution in [0.25, 0.3) is 11.0 Å². The van der Waals surface area contributed by atoms with Crippen LogP contribution in [-0.4, -0.2) is 17.8 Å². The Morgan fingerprint density at radius 2 is 1.70 bits per heavy atom. The second kappa shape index (κ2) is 7.94. The highest BCUT2D eigenvalue weighted by Crippen LogP contribution is 2.24. The maximum absolute atomic E-state index is 12.4.